The number of rotatable bonds is 6. The molecule has 112 valence electrons. The van der Waals surface area contributed by atoms with E-state index in [0.717, 1.165) is 29.8 Å². The molecule has 0 spiro atoms. The molecule has 0 aliphatic carbocycles. The predicted octanol–water partition coefficient (Wildman–Crippen LogP) is 3.19. The van der Waals surface area contributed by atoms with Crippen LogP contribution in [0.2, 0.25) is 0 Å². The highest BCUT2D eigenvalue weighted by Gasteiger charge is 2.17. The number of aryl methyl sites for hydroxylation is 2. The van der Waals surface area contributed by atoms with Gasteiger partial charge in [-0.1, -0.05) is 13.0 Å². The number of hydrogen-bond donors (Lipinski definition) is 1. The first-order chi connectivity index (χ1) is 10.2. The summed E-state index contributed by atoms with van der Waals surface area (Å²) in [5, 5.41) is 11.5. The second kappa shape index (κ2) is 7.18. The van der Waals surface area contributed by atoms with Crippen molar-refractivity contribution in [2.75, 3.05) is 13.7 Å². The van der Waals surface area contributed by atoms with Gasteiger partial charge in [0.15, 0.2) is 0 Å². The van der Waals surface area contributed by atoms with Gasteiger partial charge in [0.1, 0.15) is 5.75 Å². The lowest BCUT2D eigenvalue weighted by atomic mass is 9.94. The maximum atomic E-state index is 5.40. The predicted molar refractivity (Wildman–Crippen MR) is 84.6 cm³/mol. The van der Waals surface area contributed by atoms with Crippen LogP contribution < -0.4 is 10.1 Å². The Labute approximate surface area is 126 Å². The summed E-state index contributed by atoms with van der Waals surface area (Å²) in [5.74, 6) is 0.929. The third kappa shape index (κ3) is 3.58. The Morgan fingerprint density at radius 3 is 2.62 bits per heavy atom. The van der Waals surface area contributed by atoms with Crippen LogP contribution in [-0.4, -0.2) is 23.9 Å². The Morgan fingerprint density at radius 2 is 2.00 bits per heavy atom. The smallest absolute Gasteiger partial charge is 0.122 e. The van der Waals surface area contributed by atoms with Crippen LogP contribution in [0.15, 0.2) is 30.6 Å². The summed E-state index contributed by atoms with van der Waals surface area (Å²) >= 11 is 0. The molecule has 4 heteroatoms. The summed E-state index contributed by atoms with van der Waals surface area (Å²) in [6.45, 7) is 7.31. The lowest BCUT2D eigenvalue weighted by Gasteiger charge is -2.22. The average Bonchev–Trinajstić information content (AvgIpc) is 2.51. The molecule has 1 N–H and O–H groups in total. The molecule has 1 aromatic carbocycles. The van der Waals surface area contributed by atoms with Crippen LogP contribution >= 0.6 is 0 Å². The van der Waals surface area contributed by atoms with Gasteiger partial charge < -0.3 is 10.1 Å². The van der Waals surface area contributed by atoms with E-state index in [1.54, 1.807) is 13.3 Å². The van der Waals surface area contributed by atoms with Crippen LogP contribution in [0.1, 0.15) is 41.6 Å². The number of hydrogen-bond acceptors (Lipinski definition) is 4. The van der Waals surface area contributed by atoms with E-state index in [0.29, 0.717) is 0 Å². The fourth-order valence-corrected chi connectivity index (χ4v) is 2.51. The number of nitrogens with zero attached hydrogens (tertiary/aromatic N) is 2. The standard InChI is InChI=1S/C17H23N3O/c1-5-7-18-17(14-6-8-19-20-11-14)15-9-13(3)16(21-4)10-12(15)2/h6,8-11,17-18H,5,7H2,1-4H3. The quantitative estimate of drug-likeness (QED) is 0.885. The minimum Gasteiger partial charge on any atom is -0.496 e. The zero-order chi connectivity index (χ0) is 15.2. The molecule has 0 saturated carbocycles. The van der Waals surface area contributed by atoms with Gasteiger partial charge in [0.25, 0.3) is 0 Å². The van der Waals surface area contributed by atoms with Gasteiger partial charge in [-0.2, -0.15) is 10.2 Å². The van der Waals surface area contributed by atoms with Gasteiger partial charge in [-0.3, -0.25) is 0 Å². The van der Waals surface area contributed by atoms with Gasteiger partial charge in [-0.15, -0.1) is 0 Å². The molecule has 0 aliphatic rings. The lowest BCUT2D eigenvalue weighted by molar-refractivity contribution is 0.411. The highest BCUT2D eigenvalue weighted by molar-refractivity contribution is 5.45. The number of aromatic nitrogens is 2. The molecule has 0 radical (unpaired) electrons. The maximum Gasteiger partial charge on any atom is 0.122 e. The van der Waals surface area contributed by atoms with E-state index in [9.17, 15) is 0 Å². The van der Waals surface area contributed by atoms with Gasteiger partial charge >= 0.3 is 0 Å². The van der Waals surface area contributed by atoms with Gasteiger partial charge in [0.05, 0.1) is 19.3 Å². The van der Waals surface area contributed by atoms with E-state index in [1.807, 2.05) is 12.3 Å². The second-order valence-electron chi connectivity index (χ2n) is 5.24. The van der Waals surface area contributed by atoms with Crippen LogP contribution in [0.25, 0.3) is 0 Å². The molecule has 2 aromatic rings. The van der Waals surface area contributed by atoms with E-state index in [1.165, 1.54) is 11.1 Å². The van der Waals surface area contributed by atoms with E-state index in [-0.39, 0.29) is 6.04 Å². The van der Waals surface area contributed by atoms with Crippen molar-refractivity contribution in [3.05, 3.63) is 52.8 Å². The van der Waals surface area contributed by atoms with Crippen LogP contribution in [0.3, 0.4) is 0 Å². The fourth-order valence-electron chi connectivity index (χ4n) is 2.51. The number of nitrogens with one attached hydrogen (secondary N) is 1. The van der Waals surface area contributed by atoms with Crippen molar-refractivity contribution in [3.8, 4) is 5.75 Å². The summed E-state index contributed by atoms with van der Waals surface area (Å²) in [6.07, 6.45) is 4.65. The molecular formula is C17H23N3O. The number of benzene rings is 1. The summed E-state index contributed by atoms with van der Waals surface area (Å²) in [5.41, 5.74) is 4.74. The fraction of sp³-hybridized carbons (Fsp3) is 0.412. The monoisotopic (exact) mass is 285 g/mol. The molecule has 0 bridgehead atoms. The summed E-state index contributed by atoms with van der Waals surface area (Å²) in [4.78, 5) is 0. The summed E-state index contributed by atoms with van der Waals surface area (Å²) in [7, 11) is 1.71. The SMILES string of the molecule is CCCNC(c1ccnnc1)c1cc(C)c(OC)cc1C. The molecule has 21 heavy (non-hydrogen) atoms. The van der Waals surface area contributed by atoms with E-state index in [4.69, 9.17) is 4.74 Å². The Kier molecular flexibility index (Phi) is 5.28. The number of methoxy groups -OCH3 is 1. The first-order valence-electron chi connectivity index (χ1n) is 7.32. The van der Waals surface area contributed by atoms with Crippen LogP contribution in [-0.2, 0) is 0 Å². The van der Waals surface area contributed by atoms with E-state index in [2.05, 4.69) is 48.4 Å². The third-order valence-corrected chi connectivity index (χ3v) is 3.63. The van der Waals surface area contributed by atoms with Crippen molar-refractivity contribution >= 4 is 0 Å². The second-order valence-corrected chi connectivity index (χ2v) is 5.24. The maximum absolute atomic E-state index is 5.40. The van der Waals surface area contributed by atoms with Crippen molar-refractivity contribution in [2.45, 2.75) is 33.2 Å². The van der Waals surface area contributed by atoms with Crippen LogP contribution in [0.5, 0.6) is 5.75 Å². The summed E-state index contributed by atoms with van der Waals surface area (Å²) in [6, 6.07) is 6.44. The Morgan fingerprint density at radius 1 is 1.19 bits per heavy atom. The summed E-state index contributed by atoms with van der Waals surface area (Å²) < 4.78 is 5.40. The van der Waals surface area contributed by atoms with Crippen molar-refractivity contribution in [2.24, 2.45) is 0 Å². The van der Waals surface area contributed by atoms with Crippen LogP contribution in [0.4, 0.5) is 0 Å². The molecule has 0 saturated heterocycles. The van der Waals surface area contributed by atoms with E-state index < -0.39 is 0 Å². The minimum atomic E-state index is 0.130. The Balaban J connectivity index is 2.44. The number of ether oxygens (including phenoxy) is 1. The molecule has 4 nitrogen and oxygen atoms in total. The normalized spacial score (nSPS) is 12.2. The molecule has 1 atom stereocenters. The molecule has 0 fully saturated rings. The largest absolute Gasteiger partial charge is 0.496 e. The minimum absolute atomic E-state index is 0.130. The zero-order valence-corrected chi connectivity index (χ0v) is 13.2. The van der Waals surface area contributed by atoms with Gasteiger partial charge in [0.2, 0.25) is 0 Å². The average molecular weight is 285 g/mol. The molecule has 1 unspecified atom stereocenters. The molecule has 0 amide bonds. The first kappa shape index (κ1) is 15.4. The van der Waals surface area contributed by atoms with E-state index >= 15 is 0 Å². The lowest BCUT2D eigenvalue weighted by Crippen LogP contribution is -2.24. The Hall–Kier alpha value is -1.94. The molecule has 1 aromatic heterocycles. The molecular weight excluding hydrogens is 262 g/mol. The van der Waals surface area contributed by atoms with Gasteiger partial charge in [-0.05, 0) is 61.2 Å². The molecule has 1 heterocycles. The topological polar surface area (TPSA) is 47.0 Å². The molecule has 0 aliphatic heterocycles. The zero-order valence-electron chi connectivity index (χ0n) is 13.2. The van der Waals surface area contributed by atoms with Crippen molar-refractivity contribution in [1.82, 2.24) is 15.5 Å². The molecule has 2 rings (SSSR count). The third-order valence-electron chi connectivity index (χ3n) is 3.63. The van der Waals surface area contributed by atoms with Crippen LogP contribution in [0, 0.1) is 13.8 Å². The van der Waals surface area contributed by atoms with Crippen molar-refractivity contribution in [3.63, 3.8) is 0 Å². The highest BCUT2D eigenvalue weighted by atomic mass is 16.5. The van der Waals surface area contributed by atoms with Gasteiger partial charge in [-0.25, -0.2) is 0 Å². The van der Waals surface area contributed by atoms with Gasteiger partial charge in [0, 0.05) is 6.20 Å². The highest BCUT2D eigenvalue weighted by Crippen LogP contribution is 2.29. The first-order valence-corrected chi connectivity index (χ1v) is 7.32. The van der Waals surface area contributed by atoms with Crippen molar-refractivity contribution < 1.29 is 4.74 Å². The Bertz CT molecular complexity index is 584. The van der Waals surface area contributed by atoms with Crippen molar-refractivity contribution in [1.29, 1.82) is 0 Å².